The highest BCUT2D eigenvalue weighted by Crippen LogP contribution is 2.42. The summed E-state index contributed by atoms with van der Waals surface area (Å²) in [6.45, 7) is 3.15. The minimum absolute atomic E-state index is 0.280. The largest absolute Gasteiger partial charge is 0.378 e. The molecule has 1 aliphatic carbocycles. The first-order valence-corrected chi connectivity index (χ1v) is 12.5. The van der Waals surface area contributed by atoms with Crippen LogP contribution >= 0.6 is 11.3 Å². The summed E-state index contributed by atoms with van der Waals surface area (Å²) < 4.78 is 21.3. The van der Waals surface area contributed by atoms with Crippen LogP contribution in [0.3, 0.4) is 0 Å². The number of aromatic nitrogens is 4. The molecule has 0 atom stereocenters. The number of hydrogen-bond donors (Lipinski definition) is 1. The first kappa shape index (κ1) is 21.4. The molecule has 1 saturated carbocycles. The molecule has 4 aromatic heterocycles. The van der Waals surface area contributed by atoms with E-state index in [0.29, 0.717) is 17.7 Å². The lowest BCUT2D eigenvalue weighted by atomic mass is 9.98. The van der Waals surface area contributed by atoms with E-state index in [1.807, 2.05) is 30.6 Å². The van der Waals surface area contributed by atoms with Crippen molar-refractivity contribution in [2.75, 3.05) is 36.5 Å². The molecule has 0 radical (unpaired) electrons. The maximum Gasteiger partial charge on any atom is 0.229 e. The highest BCUT2D eigenvalue weighted by Gasteiger charge is 2.22. The van der Waals surface area contributed by atoms with E-state index in [2.05, 4.69) is 36.2 Å². The van der Waals surface area contributed by atoms with E-state index in [4.69, 9.17) is 4.74 Å². The van der Waals surface area contributed by atoms with Crippen LogP contribution in [0, 0.1) is 5.82 Å². The molecule has 2 aliphatic rings. The molecule has 1 N–H and O–H groups in total. The summed E-state index contributed by atoms with van der Waals surface area (Å²) in [5.41, 5.74) is 3.56. The minimum Gasteiger partial charge on any atom is -0.378 e. The molecule has 4 aromatic rings. The number of hydrogen-bond acceptors (Lipinski definition) is 8. The van der Waals surface area contributed by atoms with Crippen molar-refractivity contribution in [1.82, 2.24) is 19.9 Å². The fraction of sp³-hybridized carbons (Fsp3) is 0.360. The second-order valence-electron chi connectivity index (χ2n) is 8.72. The van der Waals surface area contributed by atoms with Crippen LogP contribution in [0.1, 0.15) is 37.2 Å². The molecule has 34 heavy (non-hydrogen) atoms. The molecule has 0 amide bonds. The third-order valence-corrected chi connectivity index (χ3v) is 7.76. The fourth-order valence-electron chi connectivity index (χ4n) is 4.82. The Kier molecular flexibility index (Phi) is 5.80. The van der Waals surface area contributed by atoms with Crippen molar-refractivity contribution in [3.05, 3.63) is 54.2 Å². The van der Waals surface area contributed by atoms with Crippen molar-refractivity contribution in [2.24, 2.45) is 0 Å². The molecule has 1 aliphatic heterocycles. The number of ether oxygens (including phenoxy) is 1. The predicted molar refractivity (Wildman–Crippen MR) is 132 cm³/mol. The van der Waals surface area contributed by atoms with Crippen molar-refractivity contribution < 1.29 is 9.13 Å². The van der Waals surface area contributed by atoms with Gasteiger partial charge in [0.1, 0.15) is 11.5 Å². The maximum atomic E-state index is 14.8. The fourth-order valence-corrected chi connectivity index (χ4v) is 6.02. The van der Waals surface area contributed by atoms with Gasteiger partial charge in [-0.15, -0.1) is 11.3 Å². The molecule has 0 unspecified atom stereocenters. The van der Waals surface area contributed by atoms with Crippen LogP contribution in [0.15, 0.2) is 42.9 Å². The molecule has 5 heterocycles. The van der Waals surface area contributed by atoms with Crippen LogP contribution in [-0.2, 0) is 4.74 Å². The number of pyridine rings is 2. The third-order valence-electron chi connectivity index (χ3n) is 6.58. The molecule has 1 saturated heterocycles. The molecule has 0 spiro atoms. The standard InChI is InChI=1S/C25H25FN6OS/c26-19-15-29-25(30-22-6-5-17(14-28-22)32-9-11-33-12-10-32)31-23(19)21-13-20-24(34-21)18(7-8-27-20)16-3-1-2-4-16/h5-8,13-16H,1-4,9-12H2,(H,28,29,30,31). The molecule has 7 nitrogen and oxygen atoms in total. The van der Waals surface area contributed by atoms with Gasteiger partial charge in [0.05, 0.1) is 46.4 Å². The Hall–Kier alpha value is -3.17. The molecule has 6 rings (SSSR count). The lowest BCUT2D eigenvalue weighted by Crippen LogP contribution is -2.36. The first-order valence-electron chi connectivity index (χ1n) is 11.7. The number of halogens is 1. The van der Waals surface area contributed by atoms with Crippen LogP contribution in [0.4, 0.5) is 21.8 Å². The Morgan fingerprint density at radius 1 is 1.03 bits per heavy atom. The molecule has 0 bridgehead atoms. The van der Waals surface area contributed by atoms with E-state index in [-0.39, 0.29) is 5.69 Å². The van der Waals surface area contributed by atoms with Gasteiger partial charge in [0, 0.05) is 19.3 Å². The van der Waals surface area contributed by atoms with E-state index in [0.717, 1.165) is 47.1 Å². The second kappa shape index (κ2) is 9.23. The van der Waals surface area contributed by atoms with Crippen molar-refractivity contribution >= 4 is 39.0 Å². The topological polar surface area (TPSA) is 76.1 Å². The van der Waals surface area contributed by atoms with Crippen molar-refractivity contribution in [2.45, 2.75) is 31.6 Å². The summed E-state index contributed by atoms with van der Waals surface area (Å²) in [6, 6.07) is 7.94. The van der Waals surface area contributed by atoms with E-state index in [9.17, 15) is 4.39 Å². The SMILES string of the molecule is Fc1cnc(Nc2ccc(N3CCOCC3)cn2)nc1-c1cc2nccc(C3CCCC3)c2s1. The number of nitrogens with one attached hydrogen (secondary N) is 1. The van der Waals surface area contributed by atoms with Crippen LogP contribution < -0.4 is 10.2 Å². The van der Waals surface area contributed by atoms with Gasteiger partial charge in [-0.3, -0.25) is 4.98 Å². The van der Waals surface area contributed by atoms with Gasteiger partial charge in [-0.25, -0.2) is 19.3 Å². The number of morpholine rings is 1. The molecular weight excluding hydrogens is 451 g/mol. The normalized spacial score (nSPS) is 16.9. The number of fused-ring (bicyclic) bond motifs is 1. The van der Waals surface area contributed by atoms with Crippen molar-refractivity contribution in [1.29, 1.82) is 0 Å². The minimum atomic E-state index is -0.449. The summed E-state index contributed by atoms with van der Waals surface area (Å²) >= 11 is 1.56. The molecular formula is C25H25FN6OS. The number of thiophene rings is 1. The van der Waals surface area contributed by atoms with Crippen LogP contribution in [0.25, 0.3) is 20.8 Å². The quantitative estimate of drug-likeness (QED) is 0.406. The van der Waals surface area contributed by atoms with Gasteiger partial charge in [-0.05, 0) is 48.6 Å². The average molecular weight is 477 g/mol. The Morgan fingerprint density at radius 2 is 1.88 bits per heavy atom. The lowest BCUT2D eigenvalue weighted by Gasteiger charge is -2.28. The molecule has 0 aromatic carbocycles. The van der Waals surface area contributed by atoms with Gasteiger partial charge < -0.3 is 15.0 Å². The second-order valence-corrected chi connectivity index (χ2v) is 9.77. The van der Waals surface area contributed by atoms with Crippen molar-refractivity contribution in [3.63, 3.8) is 0 Å². The summed E-state index contributed by atoms with van der Waals surface area (Å²) in [6.07, 6.45) is 9.84. The van der Waals surface area contributed by atoms with E-state index in [1.165, 1.54) is 37.4 Å². The zero-order valence-electron chi connectivity index (χ0n) is 18.7. The Balaban J connectivity index is 1.26. The van der Waals surface area contributed by atoms with Crippen LogP contribution in [-0.4, -0.2) is 46.2 Å². The summed E-state index contributed by atoms with van der Waals surface area (Å²) in [5, 5.41) is 3.11. The summed E-state index contributed by atoms with van der Waals surface area (Å²) in [4.78, 5) is 20.6. The van der Waals surface area contributed by atoms with E-state index < -0.39 is 5.82 Å². The number of rotatable bonds is 5. The number of anilines is 3. The number of nitrogens with zero attached hydrogens (tertiary/aromatic N) is 5. The van der Waals surface area contributed by atoms with Gasteiger partial charge >= 0.3 is 0 Å². The highest BCUT2D eigenvalue weighted by molar-refractivity contribution is 7.22. The zero-order valence-corrected chi connectivity index (χ0v) is 19.5. The van der Waals surface area contributed by atoms with Gasteiger partial charge in [-0.1, -0.05) is 12.8 Å². The monoisotopic (exact) mass is 476 g/mol. The van der Waals surface area contributed by atoms with Gasteiger partial charge in [-0.2, -0.15) is 0 Å². The van der Waals surface area contributed by atoms with E-state index in [1.54, 1.807) is 11.3 Å². The Labute approximate surface area is 201 Å². The Bertz CT molecular complexity index is 1300. The predicted octanol–water partition coefficient (Wildman–Crippen LogP) is 5.53. The first-order chi connectivity index (χ1) is 16.7. The molecule has 2 fully saturated rings. The van der Waals surface area contributed by atoms with Crippen LogP contribution in [0.2, 0.25) is 0 Å². The van der Waals surface area contributed by atoms with Crippen LogP contribution in [0.5, 0.6) is 0 Å². The van der Waals surface area contributed by atoms with Gasteiger partial charge in [0.15, 0.2) is 5.82 Å². The smallest absolute Gasteiger partial charge is 0.229 e. The average Bonchev–Trinajstić information content (AvgIpc) is 3.56. The van der Waals surface area contributed by atoms with E-state index >= 15 is 0 Å². The summed E-state index contributed by atoms with van der Waals surface area (Å²) in [5.74, 6) is 1.03. The highest BCUT2D eigenvalue weighted by atomic mass is 32.1. The van der Waals surface area contributed by atoms with Gasteiger partial charge in [0.2, 0.25) is 5.95 Å². The van der Waals surface area contributed by atoms with Crippen molar-refractivity contribution in [3.8, 4) is 10.6 Å². The molecule has 174 valence electrons. The third kappa shape index (κ3) is 4.21. The van der Waals surface area contributed by atoms with Gasteiger partial charge in [0.25, 0.3) is 0 Å². The maximum absolute atomic E-state index is 14.8. The Morgan fingerprint density at radius 3 is 2.68 bits per heavy atom. The lowest BCUT2D eigenvalue weighted by molar-refractivity contribution is 0.122. The zero-order chi connectivity index (χ0) is 22.9. The molecule has 9 heteroatoms. The summed E-state index contributed by atoms with van der Waals surface area (Å²) in [7, 11) is 0.